The topological polar surface area (TPSA) is 41.1 Å². The van der Waals surface area contributed by atoms with Crippen LogP contribution in [-0.4, -0.2) is 48.4 Å². The normalized spacial score (nSPS) is 22.4. The lowest BCUT2D eigenvalue weighted by Crippen LogP contribution is -2.38. The SMILES string of the molecule is COCCN1CCCC(Cc2ccn[nH]2)C1. The van der Waals surface area contributed by atoms with Crippen molar-refractivity contribution in [2.24, 2.45) is 5.92 Å². The van der Waals surface area contributed by atoms with E-state index in [0.717, 1.165) is 25.5 Å². The van der Waals surface area contributed by atoms with Crippen LogP contribution in [0.25, 0.3) is 0 Å². The van der Waals surface area contributed by atoms with Gasteiger partial charge >= 0.3 is 0 Å². The van der Waals surface area contributed by atoms with Crippen LogP contribution in [0, 0.1) is 5.92 Å². The number of H-pyrrole nitrogens is 1. The van der Waals surface area contributed by atoms with E-state index in [2.05, 4.69) is 21.2 Å². The van der Waals surface area contributed by atoms with Gasteiger partial charge in [0.2, 0.25) is 0 Å². The molecule has 0 aliphatic carbocycles. The molecule has 2 rings (SSSR count). The maximum atomic E-state index is 5.13. The van der Waals surface area contributed by atoms with E-state index in [1.165, 1.54) is 31.6 Å². The van der Waals surface area contributed by atoms with E-state index in [-0.39, 0.29) is 0 Å². The van der Waals surface area contributed by atoms with Crippen molar-refractivity contribution in [3.05, 3.63) is 18.0 Å². The molecule has 1 N–H and O–H groups in total. The molecule has 1 saturated heterocycles. The minimum absolute atomic E-state index is 0.769. The van der Waals surface area contributed by atoms with Crippen molar-refractivity contribution in [2.75, 3.05) is 33.4 Å². The van der Waals surface area contributed by atoms with Crippen molar-refractivity contribution in [1.29, 1.82) is 0 Å². The highest BCUT2D eigenvalue weighted by atomic mass is 16.5. The zero-order valence-corrected chi connectivity index (χ0v) is 9.98. The van der Waals surface area contributed by atoms with Crippen molar-refractivity contribution in [3.63, 3.8) is 0 Å². The fourth-order valence-electron chi connectivity index (χ4n) is 2.45. The summed E-state index contributed by atoms with van der Waals surface area (Å²) < 4.78 is 5.13. The third kappa shape index (κ3) is 3.32. The van der Waals surface area contributed by atoms with Crippen molar-refractivity contribution >= 4 is 0 Å². The molecule has 4 nitrogen and oxygen atoms in total. The summed E-state index contributed by atoms with van der Waals surface area (Å²) in [4.78, 5) is 2.51. The number of hydrogen-bond donors (Lipinski definition) is 1. The summed E-state index contributed by atoms with van der Waals surface area (Å²) in [6.07, 6.45) is 5.61. The van der Waals surface area contributed by atoms with Crippen LogP contribution in [0.15, 0.2) is 12.3 Å². The summed E-state index contributed by atoms with van der Waals surface area (Å²) in [6.45, 7) is 4.33. The molecule has 2 heterocycles. The minimum Gasteiger partial charge on any atom is -0.383 e. The molecule has 1 atom stereocenters. The number of aromatic amines is 1. The van der Waals surface area contributed by atoms with Gasteiger partial charge in [-0.2, -0.15) is 5.10 Å². The number of ether oxygens (including phenoxy) is 1. The summed E-state index contributed by atoms with van der Waals surface area (Å²) >= 11 is 0. The van der Waals surface area contributed by atoms with Crippen LogP contribution in [0.1, 0.15) is 18.5 Å². The highest BCUT2D eigenvalue weighted by Crippen LogP contribution is 2.19. The van der Waals surface area contributed by atoms with Crippen molar-refractivity contribution < 1.29 is 4.74 Å². The largest absolute Gasteiger partial charge is 0.383 e. The summed E-state index contributed by atoms with van der Waals surface area (Å²) in [5.41, 5.74) is 1.26. The molecule has 1 unspecified atom stereocenters. The molecule has 1 aliphatic heterocycles. The number of rotatable bonds is 5. The Morgan fingerprint density at radius 2 is 2.56 bits per heavy atom. The zero-order chi connectivity index (χ0) is 11.2. The predicted molar refractivity (Wildman–Crippen MR) is 63.3 cm³/mol. The molecule has 0 spiro atoms. The van der Waals surface area contributed by atoms with Gasteiger partial charge in [0, 0.05) is 32.1 Å². The van der Waals surface area contributed by atoms with E-state index < -0.39 is 0 Å². The Kier molecular flexibility index (Phi) is 4.36. The average molecular weight is 223 g/mol. The smallest absolute Gasteiger partial charge is 0.0589 e. The van der Waals surface area contributed by atoms with E-state index in [1.54, 1.807) is 7.11 Å². The molecule has 16 heavy (non-hydrogen) atoms. The number of piperidine rings is 1. The van der Waals surface area contributed by atoms with Gasteiger partial charge in [-0.1, -0.05) is 0 Å². The molecular formula is C12H21N3O. The second-order valence-corrected chi connectivity index (χ2v) is 4.59. The quantitative estimate of drug-likeness (QED) is 0.818. The Labute approximate surface area is 97.0 Å². The van der Waals surface area contributed by atoms with Gasteiger partial charge in [-0.25, -0.2) is 0 Å². The molecule has 1 aromatic rings. The molecule has 1 aromatic heterocycles. The van der Waals surface area contributed by atoms with Gasteiger partial charge in [-0.3, -0.25) is 5.10 Å². The number of nitrogens with one attached hydrogen (secondary N) is 1. The number of nitrogens with zero attached hydrogens (tertiary/aromatic N) is 2. The Morgan fingerprint density at radius 1 is 1.62 bits per heavy atom. The molecule has 0 bridgehead atoms. The number of aromatic nitrogens is 2. The maximum absolute atomic E-state index is 5.13. The molecule has 1 fully saturated rings. The van der Waals surface area contributed by atoms with Gasteiger partial charge in [0.1, 0.15) is 0 Å². The molecular weight excluding hydrogens is 202 g/mol. The van der Waals surface area contributed by atoms with E-state index in [4.69, 9.17) is 4.74 Å². The van der Waals surface area contributed by atoms with E-state index in [0.29, 0.717) is 0 Å². The van der Waals surface area contributed by atoms with E-state index in [9.17, 15) is 0 Å². The van der Waals surface area contributed by atoms with Crippen LogP contribution in [0.2, 0.25) is 0 Å². The van der Waals surface area contributed by atoms with E-state index in [1.807, 2.05) is 6.20 Å². The second kappa shape index (κ2) is 6.01. The molecule has 0 saturated carbocycles. The zero-order valence-electron chi connectivity index (χ0n) is 9.98. The maximum Gasteiger partial charge on any atom is 0.0589 e. The number of hydrogen-bond acceptors (Lipinski definition) is 3. The van der Waals surface area contributed by atoms with Crippen LogP contribution in [0.5, 0.6) is 0 Å². The first-order chi connectivity index (χ1) is 7.88. The van der Waals surface area contributed by atoms with Crippen molar-refractivity contribution in [2.45, 2.75) is 19.3 Å². The first-order valence-corrected chi connectivity index (χ1v) is 6.08. The minimum atomic E-state index is 0.769. The highest BCUT2D eigenvalue weighted by molar-refractivity contribution is 4.99. The molecule has 90 valence electrons. The van der Waals surface area contributed by atoms with Crippen molar-refractivity contribution in [3.8, 4) is 0 Å². The third-order valence-corrected chi connectivity index (χ3v) is 3.28. The van der Waals surface area contributed by atoms with Crippen LogP contribution >= 0.6 is 0 Å². The lowest BCUT2D eigenvalue weighted by atomic mass is 9.93. The first kappa shape index (κ1) is 11.6. The Bertz CT molecular complexity index is 286. The van der Waals surface area contributed by atoms with Gasteiger partial charge < -0.3 is 9.64 Å². The Balaban J connectivity index is 1.77. The van der Waals surface area contributed by atoms with Gasteiger partial charge in [0.15, 0.2) is 0 Å². The highest BCUT2D eigenvalue weighted by Gasteiger charge is 2.19. The Hall–Kier alpha value is -0.870. The van der Waals surface area contributed by atoms with Crippen LogP contribution in [0.4, 0.5) is 0 Å². The predicted octanol–water partition coefficient (Wildman–Crippen LogP) is 1.31. The summed E-state index contributed by atoms with van der Waals surface area (Å²) in [5, 5.41) is 7.05. The summed E-state index contributed by atoms with van der Waals surface area (Å²) in [6, 6.07) is 2.08. The van der Waals surface area contributed by atoms with Gasteiger partial charge in [0.05, 0.1) is 6.61 Å². The average Bonchev–Trinajstić information content (AvgIpc) is 2.80. The van der Waals surface area contributed by atoms with Crippen LogP contribution < -0.4 is 0 Å². The fourth-order valence-corrected chi connectivity index (χ4v) is 2.45. The van der Waals surface area contributed by atoms with E-state index >= 15 is 0 Å². The molecule has 0 radical (unpaired) electrons. The van der Waals surface area contributed by atoms with Gasteiger partial charge in [-0.15, -0.1) is 0 Å². The third-order valence-electron chi connectivity index (χ3n) is 3.28. The summed E-state index contributed by atoms with van der Waals surface area (Å²) in [5.74, 6) is 0.769. The fraction of sp³-hybridized carbons (Fsp3) is 0.750. The van der Waals surface area contributed by atoms with Gasteiger partial charge in [-0.05, 0) is 37.8 Å². The summed E-state index contributed by atoms with van der Waals surface area (Å²) in [7, 11) is 1.77. The van der Waals surface area contributed by atoms with Crippen LogP contribution in [0.3, 0.4) is 0 Å². The molecule has 1 aliphatic rings. The first-order valence-electron chi connectivity index (χ1n) is 6.08. The standard InChI is InChI=1S/C12H21N3O/c1-16-8-7-15-6-2-3-11(10-15)9-12-4-5-13-14-12/h4-5,11H,2-3,6-10H2,1H3,(H,13,14). The van der Waals surface area contributed by atoms with Crippen LogP contribution in [-0.2, 0) is 11.2 Å². The Morgan fingerprint density at radius 3 is 3.31 bits per heavy atom. The molecule has 0 amide bonds. The van der Waals surface area contributed by atoms with Gasteiger partial charge in [0.25, 0.3) is 0 Å². The van der Waals surface area contributed by atoms with Crippen molar-refractivity contribution in [1.82, 2.24) is 15.1 Å². The lowest BCUT2D eigenvalue weighted by molar-refractivity contribution is 0.114. The monoisotopic (exact) mass is 223 g/mol. The lowest BCUT2D eigenvalue weighted by Gasteiger charge is -2.32. The molecule has 0 aromatic carbocycles. The molecule has 4 heteroatoms. The number of likely N-dealkylation sites (tertiary alicyclic amines) is 1. The second-order valence-electron chi connectivity index (χ2n) is 4.59. The number of methoxy groups -OCH3 is 1.